The summed E-state index contributed by atoms with van der Waals surface area (Å²) in [5.74, 6) is -1.07. The summed E-state index contributed by atoms with van der Waals surface area (Å²) in [5.41, 5.74) is 5.24. The third-order valence-corrected chi connectivity index (χ3v) is 6.26. The molecular weight excluding hydrogens is 314 g/mol. The molecular formula is C13H15NO5S2. The van der Waals surface area contributed by atoms with Crippen LogP contribution >= 0.6 is 11.8 Å². The Morgan fingerprint density at radius 3 is 2.67 bits per heavy atom. The van der Waals surface area contributed by atoms with E-state index in [9.17, 15) is 18.0 Å². The van der Waals surface area contributed by atoms with Crippen molar-refractivity contribution in [3.05, 3.63) is 29.8 Å². The maximum Gasteiger partial charge on any atom is 0.339 e. The van der Waals surface area contributed by atoms with Crippen LogP contribution in [0.4, 0.5) is 0 Å². The standard InChI is InChI=1S/C13H15NO5S2/c14-12(15)7-19-13(16)10-3-1-2-4-11(10)20-9-5-6-21(17,18)8-9/h1-4,9H,5-8H2,(H2,14,15)/t9-/m0/s1. The molecule has 1 saturated heterocycles. The average molecular weight is 329 g/mol. The van der Waals surface area contributed by atoms with E-state index < -0.39 is 28.3 Å². The number of nitrogens with two attached hydrogens (primary N) is 1. The molecule has 8 heteroatoms. The minimum Gasteiger partial charge on any atom is -0.452 e. The molecule has 0 saturated carbocycles. The largest absolute Gasteiger partial charge is 0.452 e. The molecule has 1 heterocycles. The van der Waals surface area contributed by atoms with Gasteiger partial charge in [-0.05, 0) is 18.6 Å². The molecule has 2 rings (SSSR count). The first kappa shape index (κ1) is 15.8. The monoisotopic (exact) mass is 329 g/mol. The summed E-state index contributed by atoms with van der Waals surface area (Å²) >= 11 is 1.35. The molecule has 0 unspecified atom stereocenters. The van der Waals surface area contributed by atoms with Gasteiger partial charge in [-0.1, -0.05) is 12.1 Å². The van der Waals surface area contributed by atoms with E-state index in [2.05, 4.69) is 0 Å². The quantitative estimate of drug-likeness (QED) is 0.794. The predicted octanol–water partition coefficient (Wildman–Crippen LogP) is 0.608. The molecule has 21 heavy (non-hydrogen) atoms. The summed E-state index contributed by atoms with van der Waals surface area (Å²) in [6.07, 6.45) is 0.567. The number of hydrogen-bond donors (Lipinski definition) is 1. The van der Waals surface area contributed by atoms with Crippen LogP contribution in [0.25, 0.3) is 0 Å². The van der Waals surface area contributed by atoms with Gasteiger partial charge in [0.05, 0.1) is 17.1 Å². The Kier molecular flexibility index (Phi) is 4.89. The van der Waals surface area contributed by atoms with E-state index >= 15 is 0 Å². The molecule has 0 radical (unpaired) electrons. The Bertz CT molecular complexity index is 656. The Hall–Kier alpha value is -1.54. The fraction of sp³-hybridized carbons (Fsp3) is 0.385. The summed E-state index contributed by atoms with van der Waals surface area (Å²) in [7, 11) is -2.97. The van der Waals surface area contributed by atoms with Crippen molar-refractivity contribution < 1.29 is 22.7 Å². The fourth-order valence-electron chi connectivity index (χ4n) is 1.99. The van der Waals surface area contributed by atoms with Gasteiger partial charge in [0.25, 0.3) is 5.91 Å². The molecule has 1 aromatic carbocycles. The van der Waals surface area contributed by atoms with E-state index in [4.69, 9.17) is 10.5 Å². The van der Waals surface area contributed by atoms with Gasteiger partial charge in [-0.3, -0.25) is 4.79 Å². The number of primary amides is 1. The van der Waals surface area contributed by atoms with Crippen LogP contribution in [0.5, 0.6) is 0 Å². The molecule has 0 aromatic heterocycles. The van der Waals surface area contributed by atoms with Gasteiger partial charge in [-0.2, -0.15) is 0 Å². The van der Waals surface area contributed by atoms with Crippen LogP contribution in [0, 0.1) is 0 Å². The third-order valence-electron chi connectivity index (χ3n) is 2.94. The van der Waals surface area contributed by atoms with Crippen molar-refractivity contribution in [3.8, 4) is 0 Å². The van der Waals surface area contributed by atoms with Crippen LogP contribution in [-0.2, 0) is 19.4 Å². The van der Waals surface area contributed by atoms with Gasteiger partial charge in [0.15, 0.2) is 16.4 Å². The van der Waals surface area contributed by atoms with E-state index in [0.717, 1.165) is 0 Å². The number of carbonyl (C=O) groups is 2. The lowest BCUT2D eigenvalue weighted by Crippen LogP contribution is -2.21. The number of benzene rings is 1. The summed E-state index contributed by atoms with van der Waals surface area (Å²) in [4.78, 5) is 23.2. The number of hydrogen-bond acceptors (Lipinski definition) is 6. The summed E-state index contributed by atoms with van der Waals surface area (Å²) in [6, 6.07) is 6.75. The second kappa shape index (κ2) is 6.48. The van der Waals surface area contributed by atoms with Gasteiger partial charge in [0.2, 0.25) is 0 Å². The molecule has 2 N–H and O–H groups in total. The van der Waals surface area contributed by atoms with Gasteiger partial charge in [0.1, 0.15) is 0 Å². The highest BCUT2D eigenvalue weighted by molar-refractivity contribution is 8.02. The van der Waals surface area contributed by atoms with Crippen molar-refractivity contribution in [1.82, 2.24) is 0 Å². The van der Waals surface area contributed by atoms with E-state index in [1.807, 2.05) is 0 Å². The Balaban J connectivity index is 2.10. The van der Waals surface area contributed by atoms with Crippen molar-refractivity contribution in [2.24, 2.45) is 5.73 Å². The van der Waals surface area contributed by atoms with Gasteiger partial charge >= 0.3 is 5.97 Å². The molecule has 114 valence electrons. The normalized spacial score (nSPS) is 20.1. The Morgan fingerprint density at radius 1 is 1.33 bits per heavy atom. The van der Waals surface area contributed by atoms with Crippen molar-refractivity contribution >= 4 is 33.5 Å². The zero-order valence-corrected chi connectivity index (χ0v) is 12.8. The lowest BCUT2D eigenvalue weighted by atomic mass is 10.2. The van der Waals surface area contributed by atoms with Crippen molar-refractivity contribution in [2.75, 3.05) is 18.1 Å². The smallest absolute Gasteiger partial charge is 0.339 e. The van der Waals surface area contributed by atoms with Crippen molar-refractivity contribution in [2.45, 2.75) is 16.6 Å². The highest BCUT2D eigenvalue weighted by atomic mass is 32.2. The first-order valence-electron chi connectivity index (χ1n) is 6.29. The summed E-state index contributed by atoms with van der Waals surface area (Å²) < 4.78 is 27.7. The second-order valence-electron chi connectivity index (χ2n) is 4.68. The maximum absolute atomic E-state index is 11.9. The van der Waals surface area contributed by atoms with Crippen LogP contribution in [0.3, 0.4) is 0 Å². The maximum atomic E-state index is 11.9. The number of ether oxygens (including phenoxy) is 1. The number of thioether (sulfide) groups is 1. The zero-order chi connectivity index (χ0) is 15.5. The highest BCUT2D eigenvalue weighted by Crippen LogP contribution is 2.33. The Labute approximate surface area is 127 Å². The van der Waals surface area contributed by atoms with Crippen LogP contribution in [0.2, 0.25) is 0 Å². The van der Waals surface area contributed by atoms with Gasteiger partial charge in [0, 0.05) is 10.1 Å². The molecule has 1 atom stereocenters. The lowest BCUT2D eigenvalue weighted by molar-refractivity contribution is -0.121. The predicted molar refractivity (Wildman–Crippen MR) is 78.8 cm³/mol. The van der Waals surface area contributed by atoms with Crippen molar-refractivity contribution in [1.29, 1.82) is 0 Å². The van der Waals surface area contributed by atoms with E-state index in [1.54, 1.807) is 24.3 Å². The number of carbonyl (C=O) groups excluding carboxylic acids is 2. The van der Waals surface area contributed by atoms with Crippen LogP contribution in [-0.4, -0.2) is 43.7 Å². The minimum atomic E-state index is -2.97. The summed E-state index contributed by atoms with van der Waals surface area (Å²) in [6.45, 7) is -0.477. The van der Waals surface area contributed by atoms with Crippen LogP contribution in [0.15, 0.2) is 29.2 Å². The first-order valence-corrected chi connectivity index (χ1v) is 8.99. The second-order valence-corrected chi connectivity index (χ2v) is 8.25. The summed E-state index contributed by atoms with van der Waals surface area (Å²) in [5, 5.41) is -0.0694. The average Bonchev–Trinajstić information content (AvgIpc) is 2.76. The molecule has 6 nitrogen and oxygen atoms in total. The number of rotatable bonds is 5. The number of sulfone groups is 1. The molecule has 0 bridgehead atoms. The highest BCUT2D eigenvalue weighted by Gasteiger charge is 2.29. The molecule has 1 aliphatic heterocycles. The van der Waals surface area contributed by atoms with Gasteiger partial charge in [-0.25, -0.2) is 13.2 Å². The Morgan fingerprint density at radius 2 is 2.05 bits per heavy atom. The molecule has 1 amide bonds. The van der Waals surface area contributed by atoms with Gasteiger partial charge < -0.3 is 10.5 Å². The minimum absolute atomic E-state index is 0.0694. The first-order chi connectivity index (χ1) is 9.87. The third kappa shape index (κ3) is 4.47. The zero-order valence-electron chi connectivity index (χ0n) is 11.2. The van der Waals surface area contributed by atoms with E-state index in [-0.39, 0.29) is 16.8 Å². The van der Waals surface area contributed by atoms with Gasteiger partial charge in [-0.15, -0.1) is 11.8 Å². The number of esters is 1. The molecule has 0 aliphatic carbocycles. The number of amides is 1. The van der Waals surface area contributed by atoms with E-state index in [1.165, 1.54) is 11.8 Å². The lowest BCUT2D eigenvalue weighted by Gasteiger charge is -2.11. The molecule has 1 aliphatic rings. The SMILES string of the molecule is NC(=O)COC(=O)c1ccccc1S[C@H]1CCS(=O)(=O)C1. The van der Waals surface area contributed by atoms with E-state index in [0.29, 0.717) is 16.9 Å². The molecule has 1 aromatic rings. The molecule has 1 fully saturated rings. The molecule has 0 spiro atoms. The topological polar surface area (TPSA) is 104 Å². The van der Waals surface area contributed by atoms with Crippen LogP contribution < -0.4 is 5.73 Å². The van der Waals surface area contributed by atoms with Crippen molar-refractivity contribution in [3.63, 3.8) is 0 Å². The van der Waals surface area contributed by atoms with Crippen LogP contribution in [0.1, 0.15) is 16.8 Å². The fourth-order valence-corrected chi connectivity index (χ4v) is 5.60.